The third-order valence-electron chi connectivity index (χ3n) is 4.95. The third-order valence-corrected chi connectivity index (χ3v) is 5.71. The van der Waals surface area contributed by atoms with Crippen LogP contribution in [0.4, 0.5) is 0 Å². The Bertz CT molecular complexity index is 602. The number of imidazole rings is 1. The van der Waals surface area contributed by atoms with Crippen molar-refractivity contribution in [3.63, 3.8) is 0 Å². The number of rotatable bonds is 3. The first-order chi connectivity index (χ1) is 9.83. The zero-order chi connectivity index (χ0) is 13.5. The smallest absolute Gasteiger partial charge is 0.194 e. The fourth-order valence-corrected chi connectivity index (χ4v) is 4.65. The first kappa shape index (κ1) is 12.8. The molecule has 2 aromatic rings. The third kappa shape index (κ3) is 2.08. The van der Waals surface area contributed by atoms with E-state index in [1.807, 2.05) is 0 Å². The molecule has 2 unspecified atom stereocenters. The van der Waals surface area contributed by atoms with Crippen molar-refractivity contribution in [3.8, 4) is 0 Å². The van der Waals surface area contributed by atoms with E-state index in [2.05, 4.69) is 38.1 Å². The maximum atomic E-state index is 4.63. The van der Waals surface area contributed by atoms with Crippen LogP contribution in [-0.2, 0) is 6.54 Å². The van der Waals surface area contributed by atoms with Gasteiger partial charge in [-0.1, -0.05) is 6.42 Å². The Morgan fingerprint density at radius 1 is 1.35 bits per heavy atom. The number of hydrogen-bond acceptors (Lipinski definition) is 4. The molecule has 108 valence electrons. The van der Waals surface area contributed by atoms with Crippen LogP contribution >= 0.6 is 11.3 Å². The van der Waals surface area contributed by atoms with E-state index in [-0.39, 0.29) is 0 Å². The summed E-state index contributed by atoms with van der Waals surface area (Å²) in [4.78, 5) is 8.43. The fourth-order valence-electron chi connectivity index (χ4n) is 3.87. The van der Waals surface area contributed by atoms with Gasteiger partial charge in [-0.2, -0.15) is 0 Å². The average Bonchev–Trinajstić information content (AvgIpc) is 3.12. The highest BCUT2D eigenvalue weighted by atomic mass is 32.1. The lowest BCUT2D eigenvalue weighted by Crippen LogP contribution is -2.44. The van der Waals surface area contributed by atoms with E-state index in [1.54, 1.807) is 11.3 Å². The molecule has 4 nitrogen and oxygen atoms in total. The summed E-state index contributed by atoms with van der Waals surface area (Å²) in [6.07, 6.45) is 7.60. The summed E-state index contributed by atoms with van der Waals surface area (Å²) >= 11 is 1.71. The molecule has 1 N–H and O–H groups in total. The summed E-state index contributed by atoms with van der Waals surface area (Å²) in [7, 11) is 0. The Kier molecular flexibility index (Phi) is 3.28. The number of fused-ring (bicyclic) bond motifs is 2. The highest BCUT2D eigenvalue weighted by Crippen LogP contribution is 2.27. The molecule has 20 heavy (non-hydrogen) atoms. The predicted octanol–water partition coefficient (Wildman–Crippen LogP) is 2.42. The molecular weight excluding hydrogens is 268 g/mol. The van der Waals surface area contributed by atoms with Crippen molar-refractivity contribution in [1.82, 2.24) is 19.6 Å². The molecule has 2 aliphatic rings. The zero-order valence-electron chi connectivity index (χ0n) is 12.0. The summed E-state index contributed by atoms with van der Waals surface area (Å²) in [5, 5.41) is 5.92. The molecule has 0 amide bonds. The minimum Gasteiger partial charge on any atom is -0.307 e. The van der Waals surface area contributed by atoms with Crippen molar-refractivity contribution in [1.29, 1.82) is 0 Å². The molecule has 0 radical (unpaired) electrons. The topological polar surface area (TPSA) is 32.6 Å². The Morgan fingerprint density at radius 2 is 2.30 bits per heavy atom. The van der Waals surface area contributed by atoms with Gasteiger partial charge < -0.3 is 5.32 Å². The Hall–Kier alpha value is -0.910. The first-order valence-electron chi connectivity index (χ1n) is 7.71. The van der Waals surface area contributed by atoms with Gasteiger partial charge in [0.05, 0.1) is 11.4 Å². The highest BCUT2D eigenvalue weighted by molar-refractivity contribution is 7.15. The molecule has 0 saturated carbocycles. The molecule has 2 fully saturated rings. The quantitative estimate of drug-likeness (QED) is 0.942. The molecule has 2 aliphatic heterocycles. The van der Waals surface area contributed by atoms with E-state index in [0.29, 0.717) is 6.04 Å². The van der Waals surface area contributed by atoms with Crippen molar-refractivity contribution in [2.24, 2.45) is 0 Å². The van der Waals surface area contributed by atoms with Gasteiger partial charge in [0.2, 0.25) is 0 Å². The molecule has 2 atom stereocenters. The summed E-state index contributed by atoms with van der Waals surface area (Å²) in [5.74, 6) is 0. The fraction of sp³-hybridized carbons (Fsp3) is 0.667. The van der Waals surface area contributed by atoms with E-state index < -0.39 is 0 Å². The number of piperidine rings is 1. The van der Waals surface area contributed by atoms with Crippen LogP contribution in [0.5, 0.6) is 0 Å². The number of nitrogens with one attached hydrogen (secondary N) is 1. The van der Waals surface area contributed by atoms with Gasteiger partial charge in [0, 0.05) is 36.8 Å². The molecule has 0 bridgehead atoms. The second-order valence-electron chi connectivity index (χ2n) is 6.07. The normalized spacial score (nSPS) is 27.2. The molecule has 5 heteroatoms. The number of aromatic nitrogens is 2. The number of hydrogen-bond donors (Lipinski definition) is 1. The summed E-state index contributed by atoms with van der Waals surface area (Å²) < 4.78 is 2.24. The van der Waals surface area contributed by atoms with E-state index in [1.165, 1.54) is 50.2 Å². The van der Waals surface area contributed by atoms with Crippen LogP contribution in [0, 0.1) is 6.92 Å². The zero-order valence-corrected chi connectivity index (χ0v) is 12.8. The summed E-state index contributed by atoms with van der Waals surface area (Å²) in [6, 6.07) is 1.44. The van der Waals surface area contributed by atoms with E-state index >= 15 is 0 Å². The van der Waals surface area contributed by atoms with Crippen molar-refractivity contribution in [2.75, 3.05) is 13.1 Å². The molecule has 2 saturated heterocycles. The predicted molar refractivity (Wildman–Crippen MR) is 82.3 cm³/mol. The SMILES string of the molecule is Cc1nc2sccn2c1CNC1CCN2CCCCC12. The second-order valence-corrected chi connectivity index (χ2v) is 6.95. The van der Waals surface area contributed by atoms with Gasteiger partial charge >= 0.3 is 0 Å². The number of nitrogens with zero attached hydrogens (tertiary/aromatic N) is 3. The standard InChI is InChI=1S/C15H22N4S/c1-11-14(19-8-9-20-15(19)17-11)10-16-12-5-7-18-6-3-2-4-13(12)18/h8-9,12-13,16H,2-7,10H2,1H3. The van der Waals surface area contributed by atoms with E-state index in [4.69, 9.17) is 0 Å². The molecule has 0 aliphatic carbocycles. The van der Waals surface area contributed by atoms with Crippen LogP contribution in [0.3, 0.4) is 0 Å². The lowest BCUT2D eigenvalue weighted by Gasteiger charge is -2.32. The van der Waals surface area contributed by atoms with E-state index in [9.17, 15) is 0 Å². The van der Waals surface area contributed by atoms with Crippen LogP contribution in [0.2, 0.25) is 0 Å². The Morgan fingerprint density at radius 3 is 3.25 bits per heavy atom. The number of thiazole rings is 1. The van der Waals surface area contributed by atoms with Crippen LogP contribution < -0.4 is 5.32 Å². The van der Waals surface area contributed by atoms with Crippen molar-refractivity contribution in [3.05, 3.63) is 23.0 Å². The Labute approximate surface area is 123 Å². The van der Waals surface area contributed by atoms with E-state index in [0.717, 1.165) is 17.5 Å². The van der Waals surface area contributed by atoms with Crippen molar-refractivity contribution >= 4 is 16.3 Å². The largest absolute Gasteiger partial charge is 0.307 e. The lowest BCUT2D eigenvalue weighted by molar-refractivity contribution is 0.180. The van der Waals surface area contributed by atoms with Crippen molar-refractivity contribution in [2.45, 2.75) is 51.2 Å². The van der Waals surface area contributed by atoms with Gasteiger partial charge in [-0.3, -0.25) is 9.30 Å². The van der Waals surface area contributed by atoms with Gasteiger partial charge in [-0.15, -0.1) is 11.3 Å². The average molecular weight is 290 g/mol. The molecule has 4 rings (SSSR count). The molecule has 0 spiro atoms. The summed E-state index contributed by atoms with van der Waals surface area (Å²) in [5.41, 5.74) is 2.50. The van der Waals surface area contributed by atoms with Crippen LogP contribution in [0.15, 0.2) is 11.6 Å². The second kappa shape index (κ2) is 5.13. The molecular formula is C15H22N4S. The minimum absolute atomic E-state index is 0.666. The van der Waals surface area contributed by atoms with Gasteiger partial charge in [-0.25, -0.2) is 4.98 Å². The molecule has 4 heterocycles. The lowest BCUT2D eigenvalue weighted by atomic mass is 9.99. The van der Waals surface area contributed by atoms with Crippen LogP contribution in [0.1, 0.15) is 37.1 Å². The molecule has 0 aromatic carbocycles. The van der Waals surface area contributed by atoms with Gasteiger partial charge in [0.1, 0.15) is 0 Å². The van der Waals surface area contributed by atoms with Crippen LogP contribution in [0.25, 0.3) is 4.96 Å². The highest BCUT2D eigenvalue weighted by Gasteiger charge is 2.35. The minimum atomic E-state index is 0.666. The molecule has 2 aromatic heterocycles. The summed E-state index contributed by atoms with van der Waals surface area (Å²) in [6.45, 7) is 5.65. The van der Waals surface area contributed by atoms with Crippen LogP contribution in [-0.4, -0.2) is 39.5 Å². The Balaban J connectivity index is 1.47. The van der Waals surface area contributed by atoms with Gasteiger partial charge in [0.15, 0.2) is 4.96 Å². The monoisotopic (exact) mass is 290 g/mol. The maximum absolute atomic E-state index is 4.63. The first-order valence-corrected chi connectivity index (χ1v) is 8.59. The van der Waals surface area contributed by atoms with Crippen molar-refractivity contribution < 1.29 is 0 Å². The number of aryl methyl sites for hydroxylation is 1. The van der Waals surface area contributed by atoms with Gasteiger partial charge in [-0.05, 0) is 32.7 Å². The van der Waals surface area contributed by atoms with Gasteiger partial charge in [0.25, 0.3) is 0 Å². The maximum Gasteiger partial charge on any atom is 0.194 e.